The summed E-state index contributed by atoms with van der Waals surface area (Å²) >= 11 is 0. The van der Waals surface area contributed by atoms with Gasteiger partial charge in [0.1, 0.15) is 5.82 Å². The molecule has 4 N–H and O–H groups in total. The van der Waals surface area contributed by atoms with Crippen molar-refractivity contribution in [3.05, 3.63) is 26.4 Å². The van der Waals surface area contributed by atoms with Crippen LogP contribution in [-0.4, -0.2) is 9.55 Å². The minimum atomic E-state index is -0.472. The van der Waals surface area contributed by atoms with E-state index in [9.17, 15) is 9.59 Å². The van der Waals surface area contributed by atoms with E-state index in [-0.39, 0.29) is 5.56 Å². The molecule has 6 heteroatoms. The second-order valence-electron chi connectivity index (χ2n) is 3.89. The lowest BCUT2D eigenvalue weighted by Gasteiger charge is -2.10. The SMILES string of the molecule is CC(C)Cc1c(NN)[nH]c(=O)n(C)c1=O. The Balaban J connectivity index is 3.41. The quantitative estimate of drug-likeness (QED) is 0.467. The minimum absolute atomic E-state index is 0.303. The van der Waals surface area contributed by atoms with E-state index in [4.69, 9.17) is 5.84 Å². The van der Waals surface area contributed by atoms with Crippen molar-refractivity contribution >= 4 is 5.82 Å². The molecule has 0 spiro atoms. The first-order chi connectivity index (χ1) is 6.97. The van der Waals surface area contributed by atoms with Crippen LogP contribution in [0, 0.1) is 5.92 Å². The smallest absolute Gasteiger partial charge is 0.310 e. The Bertz CT molecular complexity index is 458. The van der Waals surface area contributed by atoms with E-state index in [0.29, 0.717) is 23.7 Å². The van der Waals surface area contributed by atoms with Gasteiger partial charge in [-0.05, 0) is 12.3 Å². The van der Waals surface area contributed by atoms with Crippen molar-refractivity contribution in [3.63, 3.8) is 0 Å². The molecule has 0 aliphatic carbocycles. The highest BCUT2D eigenvalue weighted by Crippen LogP contribution is 2.09. The maximum absolute atomic E-state index is 11.8. The van der Waals surface area contributed by atoms with Gasteiger partial charge in [-0.3, -0.25) is 14.3 Å². The molecule has 1 heterocycles. The Morgan fingerprint density at radius 3 is 2.53 bits per heavy atom. The van der Waals surface area contributed by atoms with Gasteiger partial charge in [0.05, 0.1) is 5.56 Å². The van der Waals surface area contributed by atoms with E-state index in [0.717, 1.165) is 4.57 Å². The van der Waals surface area contributed by atoms with Crippen LogP contribution in [0.3, 0.4) is 0 Å². The summed E-state index contributed by atoms with van der Waals surface area (Å²) in [5.74, 6) is 5.86. The number of hydrazine groups is 1. The summed E-state index contributed by atoms with van der Waals surface area (Å²) in [5, 5.41) is 0. The molecule has 0 saturated heterocycles. The fraction of sp³-hybridized carbons (Fsp3) is 0.556. The zero-order chi connectivity index (χ0) is 11.6. The lowest BCUT2D eigenvalue weighted by Crippen LogP contribution is -2.37. The second kappa shape index (κ2) is 4.31. The molecule has 0 saturated carbocycles. The molecule has 6 nitrogen and oxygen atoms in total. The summed E-state index contributed by atoms with van der Waals surface area (Å²) in [6.45, 7) is 3.98. The number of H-pyrrole nitrogens is 1. The molecular weight excluding hydrogens is 196 g/mol. The number of nitrogens with zero attached hydrogens (tertiary/aromatic N) is 1. The van der Waals surface area contributed by atoms with Crippen LogP contribution in [-0.2, 0) is 13.5 Å². The van der Waals surface area contributed by atoms with Gasteiger partial charge in [-0.25, -0.2) is 10.6 Å². The van der Waals surface area contributed by atoms with E-state index in [1.54, 1.807) is 0 Å². The number of anilines is 1. The first-order valence-corrected chi connectivity index (χ1v) is 4.76. The zero-order valence-corrected chi connectivity index (χ0v) is 9.13. The van der Waals surface area contributed by atoms with Crippen LogP contribution >= 0.6 is 0 Å². The van der Waals surface area contributed by atoms with Crippen LogP contribution < -0.4 is 22.5 Å². The van der Waals surface area contributed by atoms with Crippen LogP contribution in [0.1, 0.15) is 19.4 Å². The number of hydrogen-bond donors (Lipinski definition) is 3. The Kier molecular flexibility index (Phi) is 3.31. The Morgan fingerprint density at radius 2 is 2.07 bits per heavy atom. The number of aromatic nitrogens is 2. The van der Waals surface area contributed by atoms with Gasteiger partial charge in [-0.1, -0.05) is 13.8 Å². The van der Waals surface area contributed by atoms with E-state index >= 15 is 0 Å². The van der Waals surface area contributed by atoms with Gasteiger partial charge >= 0.3 is 5.69 Å². The molecule has 0 fully saturated rings. The first-order valence-electron chi connectivity index (χ1n) is 4.76. The van der Waals surface area contributed by atoms with Crippen LogP contribution in [0.5, 0.6) is 0 Å². The summed E-state index contributed by atoms with van der Waals surface area (Å²) in [6.07, 6.45) is 0.572. The lowest BCUT2D eigenvalue weighted by atomic mass is 10.0. The number of aromatic amines is 1. The number of nitrogen functional groups attached to an aromatic ring is 1. The lowest BCUT2D eigenvalue weighted by molar-refractivity contribution is 0.628. The Hall–Kier alpha value is -1.56. The number of nitrogens with two attached hydrogens (primary N) is 1. The molecule has 84 valence electrons. The molecule has 0 aliphatic rings. The van der Waals surface area contributed by atoms with Crippen LogP contribution in [0.15, 0.2) is 9.59 Å². The highest BCUT2D eigenvalue weighted by Gasteiger charge is 2.12. The van der Waals surface area contributed by atoms with Crippen LogP contribution in [0.25, 0.3) is 0 Å². The highest BCUT2D eigenvalue weighted by atomic mass is 16.2. The van der Waals surface area contributed by atoms with Crippen molar-refractivity contribution in [2.24, 2.45) is 18.8 Å². The second-order valence-corrected chi connectivity index (χ2v) is 3.89. The van der Waals surface area contributed by atoms with Crippen molar-refractivity contribution in [3.8, 4) is 0 Å². The molecule has 0 aromatic carbocycles. The molecule has 1 rings (SSSR count). The van der Waals surface area contributed by atoms with E-state index < -0.39 is 5.69 Å². The molecule has 15 heavy (non-hydrogen) atoms. The van der Waals surface area contributed by atoms with E-state index in [1.165, 1.54) is 7.05 Å². The van der Waals surface area contributed by atoms with Gasteiger partial charge in [0, 0.05) is 7.05 Å². The van der Waals surface area contributed by atoms with Gasteiger partial charge in [-0.15, -0.1) is 0 Å². The molecular formula is C9H16N4O2. The summed E-state index contributed by atoms with van der Waals surface area (Å²) in [5.41, 5.74) is 2.07. The maximum atomic E-state index is 11.8. The normalized spacial score (nSPS) is 10.7. The highest BCUT2D eigenvalue weighted by molar-refractivity contribution is 5.41. The predicted molar refractivity (Wildman–Crippen MR) is 58.7 cm³/mol. The first kappa shape index (κ1) is 11.5. The molecule has 0 bridgehead atoms. The van der Waals surface area contributed by atoms with Gasteiger partial charge < -0.3 is 5.43 Å². The van der Waals surface area contributed by atoms with Crippen molar-refractivity contribution in [1.82, 2.24) is 9.55 Å². The monoisotopic (exact) mass is 212 g/mol. The van der Waals surface area contributed by atoms with Gasteiger partial charge in [0.15, 0.2) is 0 Å². The standard InChI is InChI=1S/C9H16N4O2/c1-5(2)4-6-7(12-10)11-9(15)13(3)8(6)14/h5,12H,4,10H2,1-3H3,(H,11,15). The Labute approximate surface area is 87.1 Å². The van der Waals surface area contributed by atoms with Crippen molar-refractivity contribution in [2.45, 2.75) is 20.3 Å². The van der Waals surface area contributed by atoms with Crippen molar-refractivity contribution in [2.75, 3.05) is 5.43 Å². The molecule has 1 aromatic heterocycles. The average Bonchev–Trinajstić information content (AvgIpc) is 2.18. The molecule has 0 atom stereocenters. The summed E-state index contributed by atoms with van der Waals surface area (Å²) in [7, 11) is 1.44. The zero-order valence-electron chi connectivity index (χ0n) is 9.13. The van der Waals surface area contributed by atoms with Gasteiger partial charge in [0.2, 0.25) is 0 Å². The number of nitrogens with one attached hydrogen (secondary N) is 2. The minimum Gasteiger partial charge on any atom is -0.310 e. The van der Waals surface area contributed by atoms with Crippen molar-refractivity contribution < 1.29 is 0 Å². The van der Waals surface area contributed by atoms with Crippen LogP contribution in [0.4, 0.5) is 5.82 Å². The number of rotatable bonds is 3. The fourth-order valence-corrected chi connectivity index (χ4v) is 1.39. The van der Waals surface area contributed by atoms with E-state index in [2.05, 4.69) is 10.4 Å². The third-order valence-electron chi connectivity index (χ3n) is 2.16. The predicted octanol–water partition coefficient (Wildman–Crippen LogP) is -0.442. The Morgan fingerprint density at radius 1 is 1.47 bits per heavy atom. The third kappa shape index (κ3) is 2.27. The third-order valence-corrected chi connectivity index (χ3v) is 2.16. The molecule has 0 unspecified atom stereocenters. The summed E-state index contributed by atoms with van der Waals surface area (Å²) in [4.78, 5) is 25.5. The molecule has 0 radical (unpaired) electrons. The van der Waals surface area contributed by atoms with Gasteiger partial charge in [0.25, 0.3) is 5.56 Å². The summed E-state index contributed by atoms with van der Waals surface area (Å²) < 4.78 is 1.04. The summed E-state index contributed by atoms with van der Waals surface area (Å²) in [6, 6.07) is 0. The topological polar surface area (TPSA) is 92.9 Å². The maximum Gasteiger partial charge on any atom is 0.329 e. The average molecular weight is 212 g/mol. The largest absolute Gasteiger partial charge is 0.329 e. The molecule has 0 aliphatic heterocycles. The number of hydrogen-bond acceptors (Lipinski definition) is 4. The fourth-order valence-electron chi connectivity index (χ4n) is 1.39. The van der Waals surface area contributed by atoms with Crippen LogP contribution in [0.2, 0.25) is 0 Å². The molecule has 0 amide bonds. The molecule has 1 aromatic rings. The van der Waals surface area contributed by atoms with Crippen molar-refractivity contribution in [1.29, 1.82) is 0 Å². The van der Waals surface area contributed by atoms with Gasteiger partial charge in [-0.2, -0.15) is 0 Å². The van der Waals surface area contributed by atoms with E-state index in [1.807, 2.05) is 13.8 Å².